The number of hydrogen-bond acceptors (Lipinski definition) is 1. The van der Waals surface area contributed by atoms with Gasteiger partial charge in [0.1, 0.15) is 0 Å². The molecular weight excluding hydrogens is 488 g/mol. The molecule has 0 amide bonds. The summed E-state index contributed by atoms with van der Waals surface area (Å²) in [5, 5.41) is 10.0. The van der Waals surface area contributed by atoms with Gasteiger partial charge in [-0.25, -0.2) is 0 Å². The third-order valence-electron chi connectivity index (χ3n) is 9.31. The van der Waals surface area contributed by atoms with Crippen LogP contribution in [0.1, 0.15) is 226 Å². The minimum Gasteiger partial charge on any atom is -0.481 e. The lowest BCUT2D eigenvalue weighted by molar-refractivity contribution is -0.142. The smallest absolute Gasteiger partial charge is 0.306 e. The summed E-state index contributed by atoms with van der Waals surface area (Å²) in [7, 11) is 0. The van der Waals surface area contributed by atoms with E-state index in [9.17, 15) is 9.90 Å². The minimum absolute atomic E-state index is 0.115. The zero-order valence-corrected chi connectivity index (χ0v) is 28.1. The largest absolute Gasteiger partial charge is 0.481 e. The number of carbonyl (C=O) groups is 1. The predicted molar refractivity (Wildman–Crippen MR) is 179 cm³/mol. The van der Waals surface area contributed by atoms with Gasteiger partial charge in [0.2, 0.25) is 0 Å². The topological polar surface area (TPSA) is 37.3 Å². The lowest BCUT2D eigenvalue weighted by atomic mass is 9.84. The third-order valence-corrected chi connectivity index (χ3v) is 9.31. The lowest BCUT2D eigenvalue weighted by Gasteiger charge is -2.21. The summed E-state index contributed by atoms with van der Waals surface area (Å²) in [5.41, 5.74) is 0. The molecule has 0 saturated carbocycles. The van der Waals surface area contributed by atoms with Crippen molar-refractivity contribution in [2.45, 2.75) is 226 Å². The highest BCUT2D eigenvalue weighted by molar-refractivity contribution is 5.69. The second-order valence-corrected chi connectivity index (χ2v) is 13.3. The van der Waals surface area contributed by atoms with Gasteiger partial charge in [0.25, 0.3) is 0 Å². The number of unbranched alkanes of at least 4 members (excludes halogenated alkanes) is 25. The molecule has 2 nitrogen and oxygen atoms in total. The summed E-state index contributed by atoms with van der Waals surface area (Å²) in [6.07, 6.45) is 42.3. The molecule has 0 aliphatic heterocycles. The Labute approximate surface area is 253 Å². The van der Waals surface area contributed by atoms with Crippen molar-refractivity contribution in [3.63, 3.8) is 0 Å². The molecule has 0 radical (unpaired) electrons. The summed E-state index contributed by atoms with van der Waals surface area (Å²) in [5.74, 6) is -0.0190. The Morgan fingerprint density at radius 3 is 0.925 bits per heavy atom. The van der Waals surface area contributed by atoms with Gasteiger partial charge in [0.05, 0.1) is 5.92 Å². The second kappa shape index (κ2) is 33.0. The first-order valence-electron chi connectivity index (χ1n) is 18.9. The van der Waals surface area contributed by atoms with Crippen LogP contribution in [-0.4, -0.2) is 11.1 Å². The minimum atomic E-state index is -0.528. The molecule has 0 bridgehead atoms. The normalized spacial score (nSPS) is 13.1. The number of aliphatic carboxylic acids is 1. The molecule has 2 unspecified atom stereocenters. The van der Waals surface area contributed by atoms with E-state index in [4.69, 9.17) is 0 Å². The van der Waals surface area contributed by atoms with Crippen molar-refractivity contribution in [3.05, 3.63) is 0 Å². The Balaban J connectivity index is 4.30. The Kier molecular flexibility index (Phi) is 32.5. The van der Waals surface area contributed by atoms with Crippen molar-refractivity contribution in [2.24, 2.45) is 11.8 Å². The summed E-state index contributed by atoms with van der Waals surface area (Å²) >= 11 is 0. The van der Waals surface area contributed by atoms with E-state index >= 15 is 0 Å². The van der Waals surface area contributed by atoms with E-state index in [0.717, 1.165) is 19.3 Å². The van der Waals surface area contributed by atoms with Gasteiger partial charge >= 0.3 is 5.97 Å². The van der Waals surface area contributed by atoms with Gasteiger partial charge in [0, 0.05) is 0 Å². The maximum absolute atomic E-state index is 12.2. The fourth-order valence-corrected chi connectivity index (χ4v) is 6.49. The highest BCUT2D eigenvalue weighted by atomic mass is 16.4. The first-order chi connectivity index (χ1) is 19.7. The standard InChI is InChI=1S/C38H76O2/c1-4-7-10-13-16-19-21-24-27-30-33-36(32-29-26-23-18-15-12-9-6-3)35-37(38(39)40)34-31-28-25-22-20-17-14-11-8-5-2/h36-37H,4-35H2,1-3H3,(H,39,40). The SMILES string of the molecule is CCCCCCCCCCCCC(CCCCCCCCCC)CC(CCCCCCCCCCCC)C(=O)O. The van der Waals surface area contributed by atoms with E-state index in [1.54, 1.807) is 0 Å². The van der Waals surface area contributed by atoms with Crippen LogP contribution in [0.25, 0.3) is 0 Å². The van der Waals surface area contributed by atoms with Gasteiger partial charge in [-0.15, -0.1) is 0 Å². The zero-order chi connectivity index (χ0) is 29.4. The molecule has 0 aromatic carbocycles. The summed E-state index contributed by atoms with van der Waals surface area (Å²) in [6, 6.07) is 0. The first-order valence-corrected chi connectivity index (χ1v) is 18.9. The van der Waals surface area contributed by atoms with E-state index in [-0.39, 0.29) is 5.92 Å². The van der Waals surface area contributed by atoms with Crippen LogP contribution in [0.2, 0.25) is 0 Å². The van der Waals surface area contributed by atoms with Gasteiger partial charge in [-0.3, -0.25) is 4.79 Å². The van der Waals surface area contributed by atoms with Crippen LogP contribution in [0.4, 0.5) is 0 Å². The average molecular weight is 565 g/mol. The molecule has 40 heavy (non-hydrogen) atoms. The Hall–Kier alpha value is -0.530. The van der Waals surface area contributed by atoms with Gasteiger partial charge in [-0.1, -0.05) is 213 Å². The molecule has 0 rings (SSSR count). The fourth-order valence-electron chi connectivity index (χ4n) is 6.49. The van der Waals surface area contributed by atoms with E-state index in [2.05, 4.69) is 20.8 Å². The van der Waals surface area contributed by atoms with Gasteiger partial charge in [-0.05, 0) is 18.8 Å². The van der Waals surface area contributed by atoms with Gasteiger partial charge < -0.3 is 5.11 Å². The molecular formula is C38H76O2. The van der Waals surface area contributed by atoms with Crippen molar-refractivity contribution in [2.75, 3.05) is 0 Å². The molecule has 2 atom stereocenters. The molecule has 0 fully saturated rings. The van der Waals surface area contributed by atoms with E-state index in [1.807, 2.05) is 0 Å². The van der Waals surface area contributed by atoms with Gasteiger partial charge in [0.15, 0.2) is 0 Å². The number of rotatable bonds is 34. The van der Waals surface area contributed by atoms with Crippen LogP contribution in [0, 0.1) is 11.8 Å². The molecule has 0 saturated heterocycles. The number of carboxylic acid groups (broad SMARTS) is 1. The van der Waals surface area contributed by atoms with Crippen LogP contribution >= 0.6 is 0 Å². The van der Waals surface area contributed by atoms with Crippen molar-refractivity contribution >= 4 is 5.97 Å². The Morgan fingerprint density at radius 2 is 0.650 bits per heavy atom. The molecule has 0 spiro atoms. The highest BCUT2D eigenvalue weighted by Crippen LogP contribution is 2.28. The molecule has 2 heteroatoms. The Morgan fingerprint density at radius 1 is 0.400 bits per heavy atom. The summed E-state index contributed by atoms with van der Waals surface area (Å²) in [4.78, 5) is 12.2. The number of carboxylic acids is 1. The Bertz CT molecular complexity index is 488. The number of hydrogen-bond donors (Lipinski definition) is 1. The van der Waals surface area contributed by atoms with Crippen LogP contribution in [0.15, 0.2) is 0 Å². The van der Waals surface area contributed by atoms with Crippen LogP contribution < -0.4 is 0 Å². The van der Waals surface area contributed by atoms with Crippen molar-refractivity contribution in [1.82, 2.24) is 0 Å². The molecule has 0 heterocycles. The second-order valence-electron chi connectivity index (χ2n) is 13.3. The van der Waals surface area contributed by atoms with Crippen LogP contribution in [0.5, 0.6) is 0 Å². The van der Waals surface area contributed by atoms with E-state index < -0.39 is 5.97 Å². The zero-order valence-electron chi connectivity index (χ0n) is 28.1. The molecule has 0 aliphatic rings. The van der Waals surface area contributed by atoms with Gasteiger partial charge in [-0.2, -0.15) is 0 Å². The maximum Gasteiger partial charge on any atom is 0.306 e. The lowest BCUT2D eigenvalue weighted by Crippen LogP contribution is -2.18. The molecule has 0 aromatic heterocycles. The third kappa shape index (κ3) is 29.0. The monoisotopic (exact) mass is 565 g/mol. The molecule has 240 valence electrons. The highest BCUT2D eigenvalue weighted by Gasteiger charge is 2.22. The average Bonchev–Trinajstić information content (AvgIpc) is 2.95. The summed E-state index contributed by atoms with van der Waals surface area (Å²) in [6.45, 7) is 6.86. The first kappa shape index (κ1) is 39.5. The fraction of sp³-hybridized carbons (Fsp3) is 0.974. The van der Waals surface area contributed by atoms with Crippen LogP contribution in [0.3, 0.4) is 0 Å². The van der Waals surface area contributed by atoms with Crippen molar-refractivity contribution in [1.29, 1.82) is 0 Å². The van der Waals surface area contributed by atoms with Crippen molar-refractivity contribution in [3.8, 4) is 0 Å². The summed E-state index contributed by atoms with van der Waals surface area (Å²) < 4.78 is 0. The predicted octanol–water partition coefficient (Wildman–Crippen LogP) is 13.8. The van der Waals surface area contributed by atoms with E-state index in [1.165, 1.54) is 186 Å². The van der Waals surface area contributed by atoms with E-state index in [0.29, 0.717) is 5.92 Å². The van der Waals surface area contributed by atoms with Crippen LogP contribution in [-0.2, 0) is 4.79 Å². The molecule has 1 N–H and O–H groups in total. The molecule has 0 aliphatic carbocycles. The maximum atomic E-state index is 12.2. The molecule has 0 aromatic rings. The quantitative estimate of drug-likeness (QED) is 0.0789. The van der Waals surface area contributed by atoms with Crippen molar-refractivity contribution < 1.29 is 9.90 Å².